The Bertz CT molecular complexity index is 685. The normalized spacial score (nSPS) is 10.1. The summed E-state index contributed by atoms with van der Waals surface area (Å²) < 4.78 is 6.01. The monoisotopic (exact) mass is 335 g/mol. The van der Waals surface area contributed by atoms with Crippen molar-refractivity contribution in [2.75, 3.05) is 0 Å². The number of carbonyl (C=O) groups excluding carboxylic acids is 1. The van der Waals surface area contributed by atoms with Crippen LogP contribution < -0.4 is 4.74 Å². The number of aldehydes is 1. The van der Waals surface area contributed by atoms with Crippen LogP contribution in [-0.2, 0) is 0 Å². The number of hydrogen-bond donors (Lipinski definition) is 0. The van der Waals surface area contributed by atoms with Crippen molar-refractivity contribution in [3.05, 3.63) is 62.1 Å². The first-order valence-corrected chi connectivity index (χ1v) is 6.49. The summed E-state index contributed by atoms with van der Waals surface area (Å²) in [6.07, 6.45) is 0.658. The number of aryl methyl sites for hydroxylation is 1. The largest absolute Gasteiger partial charge is 0.448 e. The van der Waals surface area contributed by atoms with Gasteiger partial charge in [0.15, 0.2) is 6.29 Å². The quantitative estimate of drug-likeness (QED) is 0.475. The van der Waals surface area contributed by atoms with Gasteiger partial charge in [0.2, 0.25) is 5.75 Å². The summed E-state index contributed by atoms with van der Waals surface area (Å²) in [5, 5.41) is 11.0. The van der Waals surface area contributed by atoms with Gasteiger partial charge >= 0.3 is 5.69 Å². The molecule has 0 aliphatic rings. The predicted molar refractivity (Wildman–Crippen MR) is 77.4 cm³/mol. The van der Waals surface area contributed by atoms with E-state index in [0.717, 1.165) is 5.56 Å². The Labute approximate surface area is 123 Å². The van der Waals surface area contributed by atoms with E-state index in [0.29, 0.717) is 16.3 Å². The molecule has 0 aliphatic heterocycles. The smallest absolute Gasteiger partial charge is 0.312 e. The Morgan fingerprint density at radius 2 is 2.05 bits per heavy atom. The van der Waals surface area contributed by atoms with E-state index in [2.05, 4.69) is 15.9 Å². The van der Waals surface area contributed by atoms with Gasteiger partial charge in [0.25, 0.3) is 0 Å². The Morgan fingerprint density at radius 3 is 2.70 bits per heavy atom. The van der Waals surface area contributed by atoms with Crippen LogP contribution in [0.3, 0.4) is 0 Å². The SMILES string of the molecule is Cc1ccc(Oc2c(Br)cccc2[N+](=O)[O-])c(C=O)c1. The van der Waals surface area contributed by atoms with E-state index >= 15 is 0 Å². The number of carbonyl (C=O) groups is 1. The molecule has 5 nitrogen and oxygen atoms in total. The van der Waals surface area contributed by atoms with E-state index < -0.39 is 4.92 Å². The molecule has 0 atom stereocenters. The Balaban J connectivity index is 2.50. The van der Waals surface area contributed by atoms with E-state index in [-0.39, 0.29) is 17.2 Å². The van der Waals surface area contributed by atoms with E-state index in [1.807, 2.05) is 6.92 Å². The zero-order valence-corrected chi connectivity index (χ0v) is 12.1. The van der Waals surface area contributed by atoms with Crippen molar-refractivity contribution in [3.63, 3.8) is 0 Å². The second kappa shape index (κ2) is 5.83. The number of nitro benzene ring substituents is 1. The van der Waals surface area contributed by atoms with Crippen LogP contribution in [0.2, 0.25) is 0 Å². The Hall–Kier alpha value is -2.21. The van der Waals surface area contributed by atoms with Crippen molar-refractivity contribution in [3.8, 4) is 11.5 Å². The van der Waals surface area contributed by atoms with E-state index in [1.54, 1.807) is 30.3 Å². The van der Waals surface area contributed by atoms with Gasteiger partial charge in [-0.2, -0.15) is 0 Å². The van der Waals surface area contributed by atoms with Gasteiger partial charge in [-0.15, -0.1) is 0 Å². The molecule has 0 bridgehead atoms. The van der Waals surface area contributed by atoms with Crippen molar-refractivity contribution >= 4 is 27.9 Å². The van der Waals surface area contributed by atoms with Gasteiger partial charge in [-0.3, -0.25) is 14.9 Å². The summed E-state index contributed by atoms with van der Waals surface area (Å²) in [6, 6.07) is 9.56. The van der Waals surface area contributed by atoms with Gasteiger partial charge in [0, 0.05) is 6.07 Å². The van der Waals surface area contributed by atoms with Gasteiger partial charge in [-0.1, -0.05) is 17.7 Å². The van der Waals surface area contributed by atoms with Crippen LogP contribution in [0, 0.1) is 17.0 Å². The molecule has 0 fully saturated rings. The highest BCUT2D eigenvalue weighted by Crippen LogP contribution is 2.38. The maximum atomic E-state index is 11.0. The van der Waals surface area contributed by atoms with Crippen LogP contribution in [0.4, 0.5) is 5.69 Å². The molecule has 0 aromatic heterocycles. The topological polar surface area (TPSA) is 69.4 Å². The van der Waals surface area contributed by atoms with Gasteiger partial charge in [-0.05, 0) is 41.1 Å². The van der Waals surface area contributed by atoms with Crippen molar-refractivity contribution in [1.82, 2.24) is 0 Å². The molecule has 0 amide bonds. The van der Waals surface area contributed by atoms with Gasteiger partial charge < -0.3 is 4.74 Å². The van der Waals surface area contributed by atoms with Gasteiger partial charge in [-0.25, -0.2) is 0 Å². The summed E-state index contributed by atoms with van der Waals surface area (Å²) in [6.45, 7) is 1.84. The summed E-state index contributed by atoms with van der Waals surface area (Å²) in [5.74, 6) is 0.352. The number of hydrogen-bond acceptors (Lipinski definition) is 4. The lowest BCUT2D eigenvalue weighted by Crippen LogP contribution is -1.96. The third-order valence-electron chi connectivity index (χ3n) is 2.65. The third kappa shape index (κ3) is 2.85. The standard InChI is InChI=1S/C14H10BrNO4/c1-9-5-6-13(10(7-9)8-17)20-14-11(15)3-2-4-12(14)16(18)19/h2-8H,1H3. The highest BCUT2D eigenvalue weighted by Gasteiger charge is 2.19. The molecule has 0 saturated carbocycles. The van der Waals surface area contributed by atoms with Gasteiger partial charge in [0.1, 0.15) is 5.75 Å². The predicted octanol–water partition coefficient (Wildman–Crippen LogP) is 4.27. The van der Waals surface area contributed by atoms with Gasteiger partial charge in [0.05, 0.1) is 15.0 Å². The van der Waals surface area contributed by atoms with Crippen LogP contribution in [0.5, 0.6) is 11.5 Å². The van der Waals surface area contributed by atoms with Crippen LogP contribution in [0.1, 0.15) is 15.9 Å². The number of benzene rings is 2. The molecule has 0 spiro atoms. The molecule has 2 rings (SSSR count). The summed E-state index contributed by atoms with van der Waals surface area (Å²) in [5.41, 5.74) is 1.08. The molecule has 2 aromatic carbocycles. The summed E-state index contributed by atoms with van der Waals surface area (Å²) >= 11 is 3.22. The molecule has 20 heavy (non-hydrogen) atoms. The minimum absolute atomic E-state index is 0.0736. The molecule has 102 valence electrons. The average molecular weight is 336 g/mol. The number of ether oxygens (including phenoxy) is 1. The second-order valence-corrected chi connectivity index (χ2v) is 4.96. The maximum absolute atomic E-state index is 11.0. The Morgan fingerprint density at radius 1 is 1.30 bits per heavy atom. The maximum Gasteiger partial charge on any atom is 0.312 e. The number of halogens is 1. The summed E-state index contributed by atoms with van der Waals surface area (Å²) in [4.78, 5) is 21.5. The summed E-state index contributed by atoms with van der Waals surface area (Å²) in [7, 11) is 0. The number of nitro groups is 1. The molecule has 0 radical (unpaired) electrons. The van der Waals surface area contributed by atoms with Crippen LogP contribution in [0.15, 0.2) is 40.9 Å². The van der Waals surface area contributed by atoms with Crippen molar-refractivity contribution in [2.24, 2.45) is 0 Å². The number of nitrogens with zero attached hydrogens (tertiary/aromatic N) is 1. The molecule has 0 heterocycles. The zero-order valence-electron chi connectivity index (χ0n) is 10.5. The minimum Gasteiger partial charge on any atom is -0.448 e. The lowest BCUT2D eigenvalue weighted by Gasteiger charge is -2.10. The fourth-order valence-corrected chi connectivity index (χ4v) is 2.14. The first kappa shape index (κ1) is 14.2. The molecular formula is C14H10BrNO4. The molecular weight excluding hydrogens is 326 g/mol. The zero-order chi connectivity index (χ0) is 14.7. The molecule has 6 heteroatoms. The van der Waals surface area contributed by atoms with Crippen molar-refractivity contribution < 1.29 is 14.5 Å². The number of rotatable bonds is 4. The van der Waals surface area contributed by atoms with Crippen molar-refractivity contribution in [2.45, 2.75) is 6.92 Å². The average Bonchev–Trinajstić information content (AvgIpc) is 2.42. The fraction of sp³-hybridized carbons (Fsp3) is 0.0714. The Kier molecular flexibility index (Phi) is 4.14. The molecule has 2 aromatic rings. The lowest BCUT2D eigenvalue weighted by molar-refractivity contribution is -0.385. The van der Waals surface area contributed by atoms with E-state index in [1.165, 1.54) is 6.07 Å². The second-order valence-electron chi connectivity index (χ2n) is 4.11. The van der Waals surface area contributed by atoms with Crippen LogP contribution >= 0.6 is 15.9 Å². The third-order valence-corrected chi connectivity index (χ3v) is 3.27. The van der Waals surface area contributed by atoms with Crippen LogP contribution in [0.25, 0.3) is 0 Å². The molecule has 0 aliphatic carbocycles. The molecule has 0 N–H and O–H groups in total. The van der Waals surface area contributed by atoms with Crippen molar-refractivity contribution in [1.29, 1.82) is 0 Å². The molecule has 0 unspecified atom stereocenters. The fourth-order valence-electron chi connectivity index (χ4n) is 1.71. The van der Waals surface area contributed by atoms with Crippen LogP contribution in [-0.4, -0.2) is 11.2 Å². The minimum atomic E-state index is -0.533. The number of para-hydroxylation sites is 1. The highest BCUT2D eigenvalue weighted by atomic mass is 79.9. The highest BCUT2D eigenvalue weighted by molar-refractivity contribution is 9.10. The first-order valence-electron chi connectivity index (χ1n) is 5.69. The lowest BCUT2D eigenvalue weighted by atomic mass is 10.1. The first-order chi connectivity index (χ1) is 9.52. The van der Waals surface area contributed by atoms with E-state index in [9.17, 15) is 14.9 Å². The molecule has 0 saturated heterocycles. The van der Waals surface area contributed by atoms with E-state index in [4.69, 9.17) is 4.74 Å².